The smallest absolute Gasteiger partial charge is 0.310 e. The van der Waals surface area contributed by atoms with Gasteiger partial charge in [0.1, 0.15) is 11.3 Å². The molecule has 0 aliphatic rings. The van der Waals surface area contributed by atoms with Crippen LogP contribution in [0.25, 0.3) is 11.2 Å². The van der Waals surface area contributed by atoms with E-state index >= 15 is 0 Å². The topological polar surface area (TPSA) is 68.2 Å². The first-order valence-electron chi connectivity index (χ1n) is 6.56. The van der Waals surface area contributed by atoms with Crippen LogP contribution in [0.15, 0.2) is 24.5 Å². The molecule has 0 spiro atoms. The standard InChI is InChI=1S/C14H18N4O2/c1-4-18(9-10(2)14(19)20-3)12-6-5-11-13(17-12)16-8-7-15-11/h5-8,10H,4,9H2,1-3H3. The van der Waals surface area contributed by atoms with Gasteiger partial charge < -0.3 is 9.64 Å². The highest BCUT2D eigenvalue weighted by Gasteiger charge is 2.18. The summed E-state index contributed by atoms with van der Waals surface area (Å²) < 4.78 is 4.76. The molecule has 6 nitrogen and oxygen atoms in total. The van der Waals surface area contributed by atoms with Crippen LogP contribution < -0.4 is 4.90 Å². The van der Waals surface area contributed by atoms with Gasteiger partial charge in [-0.2, -0.15) is 0 Å². The fourth-order valence-electron chi connectivity index (χ4n) is 2.01. The molecule has 0 bridgehead atoms. The number of methoxy groups -OCH3 is 1. The highest BCUT2D eigenvalue weighted by molar-refractivity contribution is 5.74. The number of rotatable bonds is 5. The number of hydrogen-bond acceptors (Lipinski definition) is 6. The number of fused-ring (bicyclic) bond motifs is 1. The zero-order valence-corrected chi connectivity index (χ0v) is 11.9. The molecule has 20 heavy (non-hydrogen) atoms. The molecule has 2 aromatic heterocycles. The van der Waals surface area contributed by atoms with Gasteiger partial charge in [0.2, 0.25) is 0 Å². The van der Waals surface area contributed by atoms with Gasteiger partial charge in [-0.05, 0) is 19.1 Å². The van der Waals surface area contributed by atoms with E-state index in [-0.39, 0.29) is 11.9 Å². The normalized spacial score (nSPS) is 12.2. The molecule has 0 aliphatic carbocycles. The van der Waals surface area contributed by atoms with Crippen molar-refractivity contribution in [2.24, 2.45) is 5.92 Å². The zero-order valence-electron chi connectivity index (χ0n) is 11.9. The third-order valence-corrected chi connectivity index (χ3v) is 3.12. The van der Waals surface area contributed by atoms with Gasteiger partial charge in [0.15, 0.2) is 5.65 Å². The van der Waals surface area contributed by atoms with Crippen LogP contribution >= 0.6 is 0 Å². The Labute approximate surface area is 117 Å². The van der Waals surface area contributed by atoms with Gasteiger partial charge in [-0.25, -0.2) is 9.97 Å². The van der Waals surface area contributed by atoms with Gasteiger partial charge in [0, 0.05) is 25.5 Å². The van der Waals surface area contributed by atoms with E-state index in [1.54, 1.807) is 12.4 Å². The predicted octanol–water partition coefficient (Wildman–Crippen LogP) is 1.66. The maximum Gasteiger partial charge on any atom is 0.310 e. The van der Waals surface area contributed by atoms with Gasteiger partial charge in [-0.3, -0.25) is 9.78 Å². The summed E-state index contributed by atoms with van der Waals surface area (Å²) in [6, 6.07) is 3.78. The highest BCUT2D eigenvalue weighted by atomic mass is 16.5. The Hall–Kier alpha value is -2.24. The second-order valence-electron chi connectivity index (χ2n) is 4.53. The second-order valence-corrected chi connectivity index (χ2v) is 4.53. The van der Waals surface area contributed by atoms with E-state index in [0.717, 1.165) is 17.9 Å². The van der Waals surface area contributed by atoms with Crippen LogP contribution in [0.2, 0.25) is 0 Å². The largest absolute Gasteiger partial charge is 0.469 e. The van der Waals surface area contributed by atoms with E-state index in [1.807, 2.05) is 30.9 Å². The molecule has 0 amide bonds. The van der Waals surface area contributed by atoms with Gasteiger partial charge in [0.25, 0.3) is 0 Å². The summed E-state index contributed by atoms with van der Waals surface area (Å²) in [6.45, 7) is 5.17. The van der Waals surface area contributed by atoms with Crippen molar-refractivity contribution in [3.05, 3.63) is 24.5 Å². The van der Waals surface area contributed by atoms with Crippen molar-refractivity contribution in [2.75, 3.05) is 25.1 Å². The molecule has 0 saturated carbocycles. The van der Waals surface area contributed by atoms with Gasteiger partial charge in [0.05, 0.1) is 13.0 Å². The molecule has 0 radical (unpaired) electrons. The van der Waals surface area contributed by atoms with Crippen molar-refractivity contribution >= 4 is 23.0 Å². The lowest BCUT2D eigenvalue weighted by Gasteiger charge is -2.24. The molecule has 2 rings (SSSR count). The fraction of sp³-hybridized carbons (Fsp3) is 0.429. The molecular weight excluding hydrogens is 256 g/mol. The Kier molecular flexibility index (Phi) is 4.45. The summed E-state index contributed by atoms with van der Waals surface area (Å²) in [4.78, 5) is 26.4. The number of carbonyl (C=O) groups is 1. The van der Waals surface area contributed by atoms with Crippen molar-refractivity contribution in [1.29, 1.82) is 0 Å². The Morgan fingerprint density at radius 1 is 1.35 bits per heavy atom. The first-order valence-corrected chi connectivity index (χ1v) is 6.56. The van der Waals surface area contributed by atoms with Crippen molar-refractivity contribution in [2.45, 2.75) is 13.8 Å². The Bertz CT molecular complexity index is 602. The van der Waals surface area contributed by atoms with E-state index in [1.165, 1.54) is 7.11 Å². The van der Waals surface area contributed by atoms with Crippen molar-refractivity contribution in [1.82, 2.24) is 15.0 Å². The third kappa shape index (κ3) is 3.01. The van der Waals surface area contributed by atoms with Crippen LogP contribution in [0, 0.1) is 5.92 Å². The summed E-state index contributed by atoms with van der Waals surface area (Å²) >= 11 is 0. The molecule has 106 valence electrons. The summed E-state index contributed by atoms with van der Waals surface area (Å²) in [6.07, 6.45) is 3.26. The molecule has 2 aromatic rings. The van der Waals surface area contributed by atoms with Crippen LogP contribution in [0.5, 0.6) is 0 Å². The molecule has 1 unspecified atom stereocenters. The number of aromatic nitrogens is 3. The highest BCUT2D eigenvalue weighted by Crippen LogP contribution is 2.16. The summed E-state index contributed by atoms with van der Waals surface area (Å²) in [5.41, 5.74) is 1.36. The lowest BCUT2D eigenvalue weighted by molar-refractivity contribution is -0.144. The van der Waals surface area contributed by atoms with E-state index in [9.17, 15) is 4.79 Å². The average Bonchev–Trinajstić information content (AvgIpc) is 2.51. The number of nitrogens with zero attached hydrogens (tertiary/aromatic N) is 4. The van der Waals surface area contributed by atoms with Crippen LogP contribution in [-0.2, 0) is 9.53 Å². The van der Waals surface area contributed by atoms with E-state index < -0.39 is 0 Å². The minimum Gasteiger partial charge on any atom is -0.469 e. The molecular formula is C14H18N4O2. The Balaban J connectivity index is 2.23. The third-order valence-electron chi connectivity index (χ3n) is 3.12. The maximum atomic E-state index is 11.5. The van der Waals surface area contributed by atoms with E-state index in [4.69, 9.17) is 4.74 Å². The molecule has 0 N–H and O–H groups in total. The second kappa shape index (κ2) is 6.27. The van der Waals surface area contributed by atoms with Crippen molar-refractivity contribution in [3.63, 3.8) is 0 Å². The Morgan fingerprint density at radius 3 is 2.80 bits per heavy atom. The monoisotopic (exact) mass is 274 g/mol. The number of ether oxygens (including phenoxy) is 1. The number of carbonyl (C=O) groups excluding carboxylic acids is 1. The van der Waals surface area contributed by atoms with Gasteiger partial charge in [-0.1, -0.05) is 6.92 Å². The molecule has 1 atom stereocenters. The maximum absolute atomic E-state index is 11.5. The number of anilines is 1. The molecule has 0 fully saturated rings. The summed E-state index contributed by atoms with van der Waals surface area (Å²) in [7, 11) is 1.40. The lowest BCUT2D eigenvalue weighted by atomic mass is 10.1. The molecule has 2 heterocycles. The zero-order chi connectivity index (χ0) is 14.5. The number of hydrogen-bond donors (Lipinski definition) is 0. The van der Waals surface area contributed by atoms with Crippen molar-refractivity contribution < 1.29 is 9.53 Å². The van der Waals surface area contributed by atoms with E-state index in [2.05, 4.69) is 15.0 Å². The SMILES string of the molecule is CCN(CC(C)C(=O)OC)c1ccc2nccnc2n1. The molecule has 0 saturated heterocycles. The van der Waals surface area contributed by atoms with E-state index in [0.29, 0.717) is 12.2 Å². The van der Waals surface area contributed by atoms with Crippen LogP contribution in [0.4, 0.5) is 5.82 Å². The molecule has 6 heteroatoms. The number of pyridine rings is 1. The molecule has 0 aliphatic heterocycles. The van der Waals surface area contributed by atoms with Gasteiger partial charge >= 0.3 is 5.97 Å². The minimum atomic E-state index is -0.218. The summed E-state index contributed by atoms with van der Waals surface area (Å²) in [5.74, 6) is 0.361. The summed E-state index contributed by atoms with van der Waals surface area (Å²) in [5, 5.41) is 0. The quantitative estimate of drug-likeness (QED) is 0.772. The average molecular weight is 274 g/mol. The first kappa shape index (κ1) is 14.2. The lowest BCUT2D eigenvalue weighted by Crippen LogP contribution is -2.32. The van der Waals surface area contributed by atoms with Crippen LogP contribution in [-0.4, -0.2) is 41.1 Å². The fourth-order valence-corrected chi connectivity index (χ4v) is 2.01. The first-order chi connectivity index (χ1) is 9.65. The van der Waals surface area contributed by atoms with Crippen molar-refractivity contribution in [3.8, 4) is 0 Å². The van der Waals surface area contributed by atoms with Gasteiger partial charge in [-0.15, -0.1) is 0 Å². The number of esters is 1. The Morgan fingerprint density at radius 2 is 2.10 bits per heavy atom. The minimum absolute atomic E-state index is 0.209. The van der Waals surface area contributed by atoms with Crippen LogP contribution in [0.1, 0.15) is 13.8 Å². The van der Waals surface area contributed by atoms with Crippen LogP contribution in [0.3, 0.4) is 0 Å². The predicted molar refractivity (Wildman–Crippen MR) is 76.4 cm³/mol. The molecule has 0 aromatic carbocycles.